The first-order valence-electron chi connectivity index (χ1n) is 10.2. The molecule has 148 valence electrons. The molecule has 0 bridgehead atoms. The number of nitrogens with zero attached hydrogens (tertiary/aromatic N) is 2. The summed E-state index contributed by atoms with van der Waals surface area (Å²) < 4.78 is 8.20. The van der Waals surface area contributed by atoms with Crippen LogP contribution in [0.1, 0.15) is 11.1 Å². The van der Waals surface area contributed by atoms with Crippen molar-refractivity contribution >= 4 is 0 Å². The lowest BCUT2D eigenvalue weighted by Gasteiger charge is -2.14. The number of hydrogen-bond acceptors (Lipinski definition) is 2. The van der Waals surface area contributed by atoms with Crippen LogP contribution in [0.3, 0.4) is 0 Å². The van der Waals surface area contributed by atoms with Crippen LogP contribution in [-0.4, -0.2) is 4.57 Å². The van der Waals surface area contributed by atoms with Gasteiger partial charge in [-0.05, 0) is 47.0 Å². The molecule has 0 aliphatic heterocycles. The number of aromatic nitrogens is 1. The molecule has 0 amide bonds. The molecule has 0 N–H and O–H groups in total. The van der Waals surface area contributed by atoms with Crippen LogP contribution in [0.5, 0.6) is 0 Å². The molecule has 5 rings (SSSR count). The molecule has 0 aliphatic rings. The lowest BCUT2D eigenvalue weighted by atomic mass is 10.0. The van der Waals surface area contributed by atoms with Gasteiger partial charge in [0.1, 0.15) is 0 Å². The van der Waals surface area contributed by atoms with Gasteiger partial charge in [0.2, 0.25) is 0 Å². The minimum absolute atomic E-state index is 0.648. The van der Waals surface area contributed by atoms with Gasteiger partial charge < -0.3 is 8.98 Å². The summed E-state index contributed by atoms with van der Waals surface area (Å²) in [6, 6.07) is 36.9. The standard InChI is InChI=1S/C28H20N2O/c29-19-21-13-15-23(16-14-21)25-18-26(24-10-5-2-6-11-24)30(20-22-8-3-1-4-9-22)28(25)27-12-7-17-31-27/h1-18H,20H2. The fraction of sp³-hybridized carbons (Fsp3) is 0.0357. The Morgan fingerprint density at radius 2 is 1.45 bits per heavy atom. The maximum Gasteiger partial charge on any atom is 0.150 e. The van der Waals surface area contributed by atoms with Crippen LogP contribution >= 0.6 is 0 Å². The fourth-order valence-electron chi connectivity index (χ4n) is 3.95. The summed E-state index contributed by atoms with van der Waals surface area (Å²) in [4.78, 5) is 0. The Labute approximate surface area is 181 Å². The summed E-state index contributed by atoms with van der Waals surface area (Å²) in [5.41, 5.74) is 7.28. The minimum atomic E-state index is 0.648. The van der Waals surface area contributed by atoms with Crippen molar-refractivity contribution in [3.05, 3.63) is 121 Å². The van der Waals surface area contributed by atoms with Gasteiger partial charge in [-0.3, -0.25) is 0 Å². The number of furan rings is 1. The van der Waals surface area contributed by atoms with Crippen molar-refractivity contribution in [1.29, 1.82) is 5.26 Å². The third-order valence-corrected chi connectivity index (χ3v) is 5.43. The van der Waals surface area contributed by atoms with E-state index in [0.29, 0.717) is 5.56 Å². The van der Waals surface area contributed by atoms with Crippen molar-refractivity contribution < 1.29 is 4.42 Å². The molecule has 2 aromatic heterocycles. The smallest absolute Gasteiger partial charge is 0.150 e. The third-order valence-electron chi connectivity index (χ3n) is 5.43. The maximum absolute atomic E-state index is 9.20. The average molecular weight is 400 g/mol. The summed E-state index contributed by atoms with van der Waals surface area (Å²) in [6.45, 7) is 0.720. The van der Waals surface area contributed by atoms with E-state index in [1.54, 1.807) is 6.26 Å². The van der Waals surface area contributed by atoms with Crippen molar-refractivity contribution in [2.45, 2.75) is 6.54 Å². The minimum Gasteiger partial charge on any atom is -0.463 e. The van der Waals surface area contributed by atoms with Crippen LogP contribution in [0.15, 0.2) is 114 Å². The van der Waals surface area contributed by atoms with E-state index in [4.69, 9.17) is 4.42 Å². The summed E-state index contributed by atoms with van der Waals surface area (Å²) in [5, 5.41) is 9.20. The molecule has 3 heteroatoms. The number of hydrogen-bond donors (Lipinski definition) is 0. The predicted octanol–water partition coefficient (Wildman–Crippen LogP) is 7.00. The zero-order valence-corrected chi connectivity index (χ0v) is 16.9. The Kier molecular flexibility index (Phi) is 4.96. The monoisotopic (exact) mass is 400 g/mol. The van der Waals surface area contributed by atoms with Crippen LogP contribution in [0.25, 0.3) is 33.8 Å². The van der Waals surface area contributed by atoms with Gasteiger partial charge in [-0.1, -0.05) is 72.8 Å². The van der Waals surface area contributed by atoms with E-state index in [1.165, 1.54) is 5.56 Å². The zero-order chi connectivity index (χ0) is 21.0. The van der Waals surface area contributed by atoms with Gasteiger partial charge in [0.25, 0.3) is 0 Å². The van der Waals surface area contributed by atoms with Crippen molar-refractivity contribution in [2.75, 3.05) is 0 Å². The van der Waals surface area contributed by atoms with Gasteiger partial charge >= 0.3 is 0 Å². The lowest BCUT2D eigenvalue weighted by molar-refractivity contribution is 0.575. The van der Waals surface area contributed by atoms with Gasteiger partial charge in [0, 0.05) is 17.8 Å². The Hall–Kier alpha value is -4.29. The highest BCUT2D eigenvalue weighted by Crippen LogP contribution is 2.39. The second-order valence-electron chi connectivity index (χ2n) is 7.40. The van der Waals surface area contributed by atoms with E-state index in [0.717, 1.165) is 40.4 Å². The van der Waals surface area contributed by atoms with Gasteiger partial charge in [-0.2, -0.15) is 5.26 Å². The van der Waals surface area contributed by atoms with E-state index in [9.17, 15) is 5.26 Å². The summed E-state index contributed by atoms with van der Waals surface area (Å²) >= 11 is 0. The Bertz CT molecular complexity index is 1320. The first-order valence-corrected chi connectivity index (χ1v) is 10.2. The van der Waals surface area contributed by atoms with E-state index in [2.05, 4.69) is 65.2 Å². The zero-order valence-electron chi connectivity index (χ0n) is 16.9. The second kappa shape index (κ2) is 8.22. The topological polar surface area (TPSA) is 41.9 Å². The van der Waals surface area contributed by atoms with E-state index in [-0.39, 0.29) is 0 Å². The van der Waals surface area contributed by atoms with Crippen molar-refractivity contribution in [3.8, 4) is 39.9 Å². The molecule has 0 radical (unpaired) electrons. The van der Waals surface area contributed by atoms with Crippen molar-refractivity contribution in [3.63, 3.8) is 0 Å². The van der Waals surface area contributed by atoms with E-state index >= 15 is 0 Å². The highest BCUT2D eigenvalue weighted by molar-refractivity contribution is 5.85. The molecule has 0 atom stereocenters. The average Bonchev–Trinajstić information content (AvgIpc) is 3.48. The normalized spacial score (nSPS) is 10.7. The van der Waals surface area contributed by atoms with Gasteiger partial charge in [0.05, 0.1) is 23.6 Å². The second-order valence-corrected chi connectivity index (χ2v) is 7.40. The van der Waals surface area contributed by atoms with Crippen LogP contribution < -0.4 is 0 Å². The summed E-state index contributed by atoms with van der Waals surface area (Å²) in [7, 11) is 0. The Morgan fingerprint density at radius 1 is 0.742 bits per heavy atom. The molecule has 3 aromatic carbocycles. The van der Waals surface area contributed by atoms with Gasteiger partial charge in [-0.25, -0.2) is 0 Å². The van der Waals surface area contributed by atoms with Gasteiger partial charge in [-0.15, -0.1) is 0 Å². The van der Waals surface area contributed by atoms with Crippen LogP contribution in [-0.2, 0) is 6.54 Å². The van der Waals surface area contributed by atoms with Gasteiger partial charge in [0.15, 0.2) is 5.76 Å². The molecule has 0 saturated heterocycles. The lowest BCUT2D eigenvalue weighted by Crippen LogP contribution is -2.04. The molecule has 2 heterocycles. The SMILES string of the molecule is N#Cc1ccc(-c2cc(-c3ccccc3)n(Cc3ccccc3)c2-c2ccco2)cc1. The third kappa shape index (κ3) is 3.68. The fourth-order valence-corrected chi connectivity index (χ4v) is 3.95. The number of rotatable bonds is 5. The first-order chi connectivity index (χ1) is 15.3. The molecule has 0 aliphatic carbocycles. The summed E-state index contributed by atoms with van der Waals surface area (Å²) in [6.07, 6.45) is 1.71. The molecule has 31 heavy (non-hydrogen) atoms. The Morgan fingerprint density at radius 3 is 2.10 bits per heavy atom. The van der Waals surface area contributed by atoms with E-state index < -0.39 is 0 Å². The summed E-state index contributed by atoms with van der Waals surface area (Å²) in [5.74, 6) is 0.817. The molecular formula is C28H20N2O. The van der Waals surface area contributed by atoms with Crippen LogP contribution in [0.4, 0.5) is 0 Å². The molecule has 3 nitrogen and oxygen atoms in total. The first kappa shape index (κ1) is 18.7. The Balaban J connectivity index is 1.77. The number of benzene rings is 3. The molecular weight excluding hydrogens is 380 g/mol. The van der Waals surface area contributed by atoms with Crippen molar-refractivity contribution in [1.82, 2.24) is 4.57 Å². The molecule has 0 fully saturated rings. The molecule has 0 saturated carbocycles. The van der Waals surface area contributed by atoms with Crippen LogP contribution in [0, 0.1) is 11.3 Å². The van der Waals surface area contributed by atoms with Crippen LogP contribution in [0.2, 0.25) is 0 Å². The molecule has 0 spiro atoms. The largest absolute Gasteiger partial charge is 0.463 e. The van der Waals surface area contributed by atoms with E-state index in [1.807, 2.05) is 48.5 Å². The highest BCUT2D eigenvalue weighted by Gasteiger charge is 2.21. The number of nitriles is 1. The highest BCUT2D eigenvalue weighted by atomic mass is 16.3. The predicted molar refractivity (Wildman–Crippen MR) is 123 cm³/mol. The molecule has 0 unspecified atom stereocenters. The molecule has 5 aromatic rings. The quantitative estimate of drug-likeness (QED) is 0.319. The van der Waals surface area contributed by atoms with Crippen molar-refractivity contribution in [2.24, 2.45) is 0 Å². The maximum atomic E-state index is 9.20.